The number of para-hydroxylation sites is 1. The van der Waals surface area contributed by atoms with E-state index in [0.717, 1.165) is 5.56 Å². The van der Waals surface area contributed by atoms with E-state index in [2.05, 4.69) is 12.5 Å². The molecule has 2 aromatic carbocycles. The molecule has 140 valence electrons. The predicted octanol–water partition coefficient (Wildman–Crippen LogP) is 2.90. The maximum Gasteiger partial charge on any atom is 0 e. The van der Waals surface area contributed by atoms with E-state index in [-0.39, 0.29) is 63.0 Å². The molecule has 28 heavy (non-hydrogen) atoms. The Morgan fingerprint density at radius 2 is 1.71 bits per heavy atom. The molecule has 6 nitrogen and oxygen atoms in total. The topological polar surface area (TPSA) is 100 Å². The van der Waals surface area contributed by atoms with Crippen molar-refractivity contribution in [2.24, 2.45) is 4.90 Å². The average molecular weight is 453 g/mol. The zero-order chi connectivity index (χ0) is 19.8. The van der Waals surface area contributed by atoms with Crippen molar-refractivity contribution in [2.75, 3.05) is 6.73 Å². The van der Waals surface area contributed by atoms with Gasteiger partial charge in [0.05, 0.1) is 10.9 Å². The molecule has 1 heterocycles. The summed E-state index contributed by atoms with van der Waals surface area (Å²) < 4.78 is 5.33. The minimum atomic E-state index is -0.615. The largest absolute Gasteiger partial charge is 0 e. The number of hydrogen-bond acceptors (Lipinski definition) is 6. The summed E-state index contributed by atoms with van der Waals surface area (Å²) in [4.78, 5) is 26.9. The molecular formula is C20H19BNO5Y. The maximum atomic E-state index is 12.4. The molecule has 3 aromatic rings. The molecule has 2 radical (unpaired) electrons. The number of aromatic hydroxyl groups is 1. The first-order valence-corrected chi connectivity index (χ1v) is 8.26. The van der Waals surface area contributed by atoms with Gasteiger partial charge in [0.2, 0.25) is 0 Å². The van der Waals surface area contributed by atoms with Gasteiger partial charge in [-0.1, -0.05) is 42.5 Å². The van der Waals surface area contributed by atoms with E-state index in [1.165, 1.54) is 6.92 Å². The Morgan fingerprint density at radius 1 is 1.14 bits per heavy atom. The van der Waals surface area contributed by atoms with Crippen LogP contribution in [0.2, 0.25) is 0 Å². The molecule has 0 saturated heterocycles. The third kappa shape index (κ3) is 6.02. The first kappa shape index (κ1) is 24.1. The Kier molecular flexibility index (Phi) is 10.1. The number of aliphatic hydroxyl groups is 1. The Morgan fingerprint density at radius 3 is 2.29 bits per heavy atom. The van der Waals surface area contributed by atoms with E-state index in [1.54, 1.807) is 24.3 Å². The molecule has 0 fully saturated rings. The summed E-state index contributed by atoms with van der Waals surface area (Å²) in [6.45, 7) is 1.19. The van der Waals surface area contributed by atoms with Crippen LogP contribution in [0.1, 0.15) is 30.4 Å². The number of fused-ring (bicyclic) bond motifs is 1. The summed E-state index contributed by atoms with van der Waals surface area (Å²) in [5.41, 5.74) is 0.635. The van der Waals surface area contributed by atoms with Crippen molar-refractivity contribution in [3.63, 3.8) is 0 Å². The molecule has 8 heteroatoms. The van der Waals surface area contributed by atoms with E-state index >= 15 is 0 Å². The normalized spacial score (nSPS) is 10.9. The molecule has 1 aromatic heterocycles. The van der Waals surface area contributed by atoms with Gasteiger partial charge in [-0.2, -0.15) is 0 Å². The summed E-state index contributed by atoms with van der Waals surface area (Å²) in [6.07, 6.45) is 0.126. The average Bonchev–Trinajstić information content (AvgIpc) is 2.68. The fraction of sp³-hybridized carbons (Fsp3) is 0.200. The Bertz CT molecular complexity index is 991. The first-order chi connectivity index (χ1) is 13.0. The molecule has 0 aliphatic heterocycles. The van der Waals surface area contributed by atoms with E-state index < -0.39 is 11.5 Å². The van der Waals surface area contributed by atoms with E-state index in [1.807, 2.05) is 30.3 Å². The van der Waals surface area contributed by atoms with Gasteiger partial charge in [-0.15, -0.1) is 0 Å². The van der Waals surface area contributed by atoms with Crippen LogP contribution in [0.3, 0.4) is 0 Å². The maximum absolute atomic E-state index is 12.4. The number of nitrogens with zero attached hydrogens (tertiary/aromatic N) is 1. The molecule has 1 atom stereocenters. The molecule has 2 N–H and O–H groups in total. The molecule has 0 aliphatic rings. The van der Waals surface area contributed by atoms with Crippen molar-refractivity contribution >= 4 is 24.4 Å². The van der Waals surface area contributed by atoms with Gasteiger partial charge >= 0.3 is 30.0 Å². The van der Waals surface area contributed by atoms with Gasteiger partial charge < -0.3 is 9.52 Å². The molecule has 3 rings (SSSR count). The first-order valence-electron chi connectivity index (χ1n) is 8.26. The standard InChI is InChI=1S/C19H16O4.CH3BNO.Y/c1-12(20)11-15(13-7-3-2-4-8-13)17-18(21)14-9-5-6-10-16(14)23-19(17)22;2-3-1-4;/h2-10,15,21H,11H2,1H3;4H,1H2;. The number of carbonyl (C=O) groups excluding carboxylic acids is 1. The van der Waals surface area contributed by atoms with Crippen LogP contribution in [0.15, 0.2) is 68.7 Å². The van der Waals surface area contributed by atoms with Crippen LogP contribution in [0, 0.1) is 0 Å². The number of Topliss-reactive ketones (excluding diaryl/α,β-unsaturated/α-hetero) is 1. The van der Waals surface area contributed by atoms with Crippen molar-refractivity contribution in [2.45, 2.75) is 19.3 Å². The molecular weight excluding hydrogens is 434 g/mol. The van der Waals surface area contributed by atoms with Crippen molar-refractivity contribution < 1.29 is 52.1 Å². The van der Waals surface area contributed by atoms with Crippen LogP contribution in [-0.2, 0) is 37.5 Å². The number of rotatable bonds is 5. The number of hydrogen-bond donors (Lipinski definition) is 2. The second-order valence-corrected chi connectivity index (χ2v) is 5.84. The van der Waals surface area contributed by atoms with E-state index in [0.29, 0.717) is 11.0 Å². The summed E-state index contributed by atoms with van der Waals surface area (Å²) in [5, 5.41) is 18.7. The third-order valence-electron chi connectivity index (χ3n) is 3.94. The quantitative estimate of drug-likeness (QED) is 0.458. The van der Waals surface area contributed by atoms with Crippen LogP contribution >= 0.6 is 0 Å². The van der Waals surface area contributed by atoms with Gasteiger partial charge in [-0.25, -0.2) is 4.79 Å². The predicted molar refractivity (Wildman–Crippen MR) is 103 cm³/mol. The summed E-state index contributed by atoms with van der Waals surface area (Å²) in [6, 6.07) is 16.0. The number of aliphatic hydroxyl groups excluding tert-OH is 1. The SMILES string of the molecule is CC(=O)CC(c1ccccc1)c1c(O)c2ccccc2oc1=O.[B]=NCO.[Y]. The van der Waals surface area contributed by atoms with E-state index in [9.17, 15) is 14.7 Å². The zero-order valence-electron chi connectivity index (χ0n) is 15.4. The van der Waals surface area contributed by atoms with Crippen LogP contribution in [0.5, 0.6) is 5.75 Å². The van der Waals surface area contributed by atoms with Crippen molar-refractivity contribution in [1.82, 2.24) is 0 Å². The van der Waals surface area contributed by atoms with Crippen LogP contribution in [0.25, 0.3) is 11.0 Å². The molecule has 0 spiro atoms. The van der Waals surface area contributed by atoms with Crippen molar-refractivity contribution in [3.05, 3.63) is 76.1 Å². The number of benzene rings is 2. The second-order valence-electron chi connectivity index (χ2n) is 5.84. The van der Waals surface area contributed by atoms with Gasteiger partial charge in [0.1, 0.15) is 17.1 Å². The van der Waals surface area contributed by atoms with Crippen molar-refractivity contribution in [3.8, 4) is 5.75 Å². The van der Waals surface area contributed by atoms with Gasteiger partial charge in [-0.05, 0) is 24.6 Å². The monoisotopic (exact) mass is 453 g/mol. The third-order valence-corrected chi connectivity index (χ3v) is 3.94. The number of carbonyl (C=O) groups is 1. The number of ketones is 1. The molecule has 0 saturated carbocycles. The van der Waals surface area contributed by atoms with Gasteiger partial charge in [-0.3, -0.25) is 4.79 Å². The Labute approximate surface area is 188 Å². The molecule has 1 unspecified atom stereocenters. The van der Waals surface area contributed by atoms with E-state index in [4.69, 9.17) is 9.52 Å². The smallest absolute Gasteiger partial charge is 0 e. The Balaban J connectivity index is 0.000000717. The Hall–Kier alpha value is -1.95. The molecule has 0 aliphatic carbocycles. The molecule has 0 bridgehead atoms. The van der Waals surface area contributed by atoms with Crippen LogP contribution in [0.4, 0.5) is 0 Å². The van der Waals surface area contributed by atoms with Gasteiger partial charge in [0, 0.05) is 45.0 Å². The minimum absolute atomic E-state index is 0. The van der Waals surface area contributed by atoms with Crippen LogP contribution in [-0.4, -0.2) is 30.4 Å². The summed E-state index contributed by atoms with van der Waals surface area (Å²) in [7, 11) is 4.40. The zero-order valence-corrected chi connectivity index (χ0v) is 18.2. The fourth-order valence-electron chi connectivity index (χ4n) is 2.81. The van der Waals surface area contributed by atoms with Crippen LogP contribution < -0.4 is 5.63 Å². The van der Waals surface area contributed by atoms with Gasteiger partial charge in [0.15, 0.2) is 0 Å². The second kappa shape index (κ2) is 11.8. The van der Waals surface area contributed by atoms with Gasteiger partial charge in [0.25, 0.3) is 0 Å². The van der Waals surface area contributed by atoms with Crippen molar-refractivity contribution in [1.29, 1.82) is 0 Å². The molecule has 0 amide bonds. The summed E-state index contributed by atoms with van der Waals surface area (Å²) >= 11 is 0. The fourth-order valence-corrected chi connectivity index (χ4v) is 2.81. The summed E-state index contributed by atoms with van der Waals surface area (Å²) in [5.74, 6) is -0.715. The minimum Gasteiger partial charge on any atom is 0 e.